The van der Waals surface area contributed by atoms with Crippen LogP contribution >= 0.6 is 11.3 Å². The lowest BCUT2D eigenvalue weighted by molar-refractivity contribution is 0.0936. The molecule has 1 amide bonds. The third-order valence-corrected chi connectivity index (χ3v) is 3.75. The van der Waals surface area contributed by atoms with Crippen LogP contribution in [0.5, 0.6) is 0 Å². The number of hydrazine groups is 1. The molecule has 106 valence electrons. The third kappa shape index (κ3) is 2.94. The fourth-order valence-electron chi connectivity index (χ4n) is 1.84. The first kappa shape index (κ1) is 14.4. The molecule has 4 N–H and O–H groups in total. The van der Waals surface area contributed by atoms with Crippen LogP contribution in [-0.2, 0) is 0 Å². The van der Waals surface area contributed by atoms with Crippen molar-refractivity contribution < 1.29 is 9.18 Å². The van der Waals surface area contributed by atoms with E-state index in [0.29, 0.717) is 6.42 Å². The molecule has 0 bridgehead atoms. The summed E-state index contributed by atoms with van der Waals surface area (Å²) in [5.41, 5.74) is 2.38. The Balaban J connectivity index is 2.22. The summed E-state index contributed by atoms with van der Waals surface area (Å²) in [6.07, 6.45) is 2.38. The summed E-state index contributed by atoms with van der Waals surface area (Å²) in [6, 6.07) is 4.03. The molecule has 0 saturated heterocycles. The zero-order valence-corrected chi connectivity index (χ0v) is 11.7. The minimum Gasteiger partial charge on any atom is -0.343 e. The maximum absolute atomic E-state index is 13.6. The van der Waals surface area contributed by atoms with Gasteiger partial charge in [-0.05, 0) is 18.6 Å². The molecule has 0 radical (unpaired) electrons. The quantitative estimate of drug-likeness (QED) is 0.584. The lowest BCUT2D eigenvalue weighted by atomic mass is 10.1. The molecular formula is C13H15FN4OS. The van der Waals surface area contributed by atoms with Gasteiger partial charge in [0.15, 0.2) is 0 Å². The Labute approximate surface area is 120 Å². The summed E-state index contributed by atoms with van der Waals surface area (Å²) >= 11 is 1.47. The van der Waals surface area contributed by atoms with Gasteiger partial charge in [0.1, 0.15) is 10.8 Å². The van der Waals surface area contributed by atoms with Crippen LogP contribution in [-0.4, -0.2) is 10.9 Å². The first-order valence-corrected chi connectivity index (χ1v) is 7.00. The van der Waals surface area contributed by atoms with Crippen LogP contribution in [0.15, 0.2) is 29.8 Å². The van der Waals surface area contributed by atoms with Crippen LogP contribution in [0.2, 0.25) is 0 Å². The van der Waals surface area contributed by atoms with E-state index in [0.717, 1.165) is 5.01 Å². The van der Waals surface area contributed by atoms with E-state index in [4.69, 9.17) is 5.84 Å². The van der Waals surface area contributed by atoms with E-state index < -0.39 is 5.82 Å². The topological polar surface area (TPSA) is 80.0 Å². The number of aromatic nitrogens is 1. The molecule has 7 heteroatoms. The highest BCUT2D eigenvalue weighted by Crippen LogP contribution is 2.22. The van der Waals surface area contributed by atoms with Crippen molar-refractivity contribution in [1.82, 2.24) is 10.3 Å². The number of nitrogens with one attached hydrogen (secondary N) is 2. The largest absolute Gasteiger partial charge is 0.343 e. The van der Waals surface area contributed by atoms with Crippen LogP contribution in [0, 0.1) is 5.82 Å². The number of nitrogens with two attached hydrogens (primary N) is 1. The number of hydrogen-bond acceptors (Lipinski definition) is 5. The predicted octanol–water partition coefficient (Wildman–Crippen LogP) is 2.45. The van der Waals surface area contributed by atoms with Crippen molar-refractivity contribution >= 4 is 22.9 Å². The van der Waals surface area contributed by atoms with Gasteiger partial charge in [-0.25, -0.2) is 9.37 Å². The number of halogens is 1. The summed E-state index contributed by atoms with van der Waals surface area (Å²) < 4.78 is 13.6. The maximum atomic E-state index is 13.6. The van der Waals surface area contributed by atoms with E-state index in [1.807, 2.05) is 12.3 Å². The van der Waals surface area contributed by atoms with Gasteiger partial charge >= 0.3 is 0 Å². The molecule has 0 aliphatic rings. The van der Waals surface area contributed by atoms with Crippen molar-refractivity contribution in [3.05, 3.63) is 46.2 Å². The molecule has 20 heavy (non-hydrogen) atoms. The van der Waals surface area contributed by atoms with Crippen LogP contribution < -0.4 is 16.6 Å². The number of benzene rings is 1. The molecule has 1 heterocycles. The number of nitrogen functional groups attached to an aromatic ring is 1. The molecule has 0 spiro atoms. The number of amides is 1. The summed E-state index contributed by atoms with van der Waals surface area (Å²) in [5.74, 6) is 4.31. The summed E-state index contributed by atoms with van der Waals surface area (Å²) in [7, 11) is 0. The number of carbonyl (C=O) groups is 1. The first-order chi connectivity index (χ1) is 9.67. The van der Waals surface area contributed by atoms with E-state index in [9.17, 15) is 9.18 Å². The number of hydrogen-bond donors (Lipinski definition) is 3. The number of rotatable bonds is 5. The molecule has 2 rings (SSSR count). The number of para-hydroxylation sites is 1. The van der Waals surface area contributed by atoms with E-state index in [1.165, 1.54) is 29.5 Å². The normalized spacial score (nSPS) is 11.9. The lowest BCUT2D eigenvalue weighted by Gasteiger charge is -2.16. The second kappa shape index (κ2) is 6.44. The fraction of sp³-hybridized carbons (Fsp3) is 0.231. The maximum Gasteiger partial charge on any atom is 0.254 e. The van der Waals surface area contributed by atoms with Gasteiger partial charge in [0.2, 0.25) is 0 Å². The highest BCUT2D eigenvalue weighted by molar-refractivity contribution is 7.09. The van der Waals surface area contributed by atoms with Gasteiger partial charge in [0.25, 0.3) is 5.91 Å². The molecule has 2 aromatic rings. The summed E-state index contributed by atoms with van der Waals surface area (Å²) in [4.78, 5) is 16.4. The molecular weight excluding hydrogens is 279 g/mol. The Morgan fingerprint density at radius 2 is 2.35 bits per heavy atom. The predicted molar refractivity (Wildman–Crippen MR) is 76.8 cm³/mol. The highest BCUT2D eigenvalue weighted by atomic mass is 32.1. The van der Waals surface area contributed by atoms with Gasteiger partial charge in [0, 0.05) is 11.6 Å². The third-order valence-electron chi connectivity index (χ3n) is 2.87. The molecule has 0 fully saturated rings. The highest BCUT2D eigenvalue weighted by Gasteiger charge is 2.19. The smallest absolute Gasteiger partial charge is 0.254 e. The van der Waals surface area contributed by atoms with Crippen molar-refractivity contribution in [2.24, 2.45) is 5.84 Å². The van der Waals surface area contributed by atoms with E-state index in [1.54, 1.807) is 6.20 Å². The van der Waals surface area contributed by atoms with Gasteiger partial charge in [0.05, 0.1) is 17.3 Å². The first-order valence-electron chi connectivity index (χ1n) is 6.12. The van der Waals surface area contributed by atoms with Gasteiger partial charge in [-0.15, -0.1) is 11.3 Å². The Hall–Kier alpha value is -1.99. The van der Waals surface area contributed by atoms with Crippen LogP contribution in [0.4, 0.5) is 10.1 Å². The molecule has 1 aromatic carbocycles. The van der Waals surface area contributed by atoms with Gasteiger partial charge < -0.3 is 10.7 Å². The van der Waals surface area contributed by atoms with E-state index >= 15 is 0 Å². The number of thiazole rings is 1. The van der Waals surface area contributed by atoms with E-state index in [2.05, 4.69) is 15.7 Å². The minimum atomic E-state index is -0.567. The van der Waals surface area contributed by atoms with Crippen molar-refractivity contribution in [3.8, 4) is 0 Å². The zero-order chi connectivity index (χ0) is 14.5. The molecule has 5 nitrogen and oxygen atoms in total. The Morgan fingerprint density at radius 3 is 2.95 bits per heavy atom. The monoisotopic (exact) mass is 294 g/mol. The van der Waals surface area contributed by atoms with Gasteiger partial charge in [-0.2, -0.15) is 0 Å². The molecule has 0 saturated carbocycles. The zero-order valence-electron chi connectivity index (χ0n) is 10.9. The SMILES string of the molecule is CCC(NC(=O)c1cccc(F)c1NN)c1nccs1. The minimum absolute atomic E-state index is 0.0148. The Kier molecular flexibility index (Phi) is 4.65. The van der Waals surface area contributed by atoms with Gasteiger partial charge in [-0.3, -0.25) is 10.6 Å². The molecule has 0 aliphatic heterocycles. The summed E-state index contributed by atoms with van der Waals surface area (Å²) in [6.45, 7) is 1.94. The average molecular weight is 294 g/mol. The fourth-order valence-corrected chi connectivity index (χ4v) is 2.61. The van der Waals surface area contributed by atoms with Crippen molar-refractivity contribution in [2.75, 3.05) is 5.43 Å². The van der Waals surface area contributed by atoms with Crippen molar-refractivity contribution in [1.29, 1.82) is 0 Å². The van der Waals surface area contributed by atoms with Gasteiger partial charge in [-0.1, -0.05) is 13.0 Å². The standard InChI is InChI=1S/C13H15FN4OS/c1-2-10(13-16-6-7-20-13)17-12(19)8-4-3-5-9(14)11(8)18-15/h3-7,10,18H,2,15H2,1H3,(H,17,19). The van der Waals surface area contributed by atoms with Crippen molar-refractivity contribution in [2.45, 2.75) is 19.4 Å². The van der Waals surface area contributed by atoms with Crippen LogP contribution in [0.3, 0.4) is 0 Å². The Bertz CT molecular complexity index is 588. The average Bonchev–Trinajstić information content (AvgIpc) is 2.98. The second-order valence-electron chi connectivity index (χ2n) is 4.11. The summed E-state index contributed by atoms with van der Waals surface area (Å²) in [5, 5.41) is 5.50. The molecule has 1 atom stereocenters. The Morgan fingerprint density at radius 1 is 1.55 bits per heavy atom. The lowest BCUT2D eigenvalue weighted by Crippen LogP contribution is -2.29. The van der Waals surface area contributed by atoms with Crippen LogP contribution in [0.1, 0.15) is 34.8 Å². The second-order valence-corrected chi connectivity index (χ2v) is 5.04. The number of anilines is 1. The molecule has 1 aromatic heterocycles. The molecule has 1 unspecified atom stereocenters. The van der Waals surface area contributed by atoms with E-state index in [-0.39, 0.29) is 23.2 Å². The number of nitrogens with zero attached hydrogens (tertiary/aromatic N) is 1. The van der Waals surface area contributed by atoms with Crippen molar-refractivity contribution in [3.63, 3.8) is 0 Å². The van der Waals surface area contributed by atoms with Crippen LogP contribution in [0.25, 0.3) is 0 Å². The number of carbonyl (C=O) groups excluding carboxylic acids is 1. The molecule has 0 aliphatic carbocycles.